The molecule has 1 saturated heterocycles. The van der Waals surface area contributed by atoms with Gasteiger partial charge in [-0.25, -0.2) is 0 Å². The lowest BCUT2D eigenvalue weighted by atomic mass is 10.1. The predicted octanol–water partition coefficient (Wildman–Crippen LogP) is 2.21. The predicted molar refractivity (Wildman–Crippen MR) is 50.4 cm³/mol. The van der Waals surface area contributed by atoms with Crippen molar-refractivity contribution in [3.63, 3.8) is 0 Å². The molecule has 0 amide bonds. The van der Waals surface area contributed by atoms with Crippen LogP contribution >= 0.6 is 0 Å². The van der Waals surface area contributed by atoms with Gasteiger partial charge in [-0.2, -0.15) is 0 Å². The van der Waals surface area contributed by atoms with Crippen molar-refractivity contribution in [2.45, 2.75) is 19.6 Å². The first-order valence-corrected chi connectivity index (χ1v) is 4.56. The Morgan fingerprint density at radius 1 is 1.23 bits per heavy atom. The highest BCUT2D eigenvalue weighted by atomic mass is 16.7. The molecule has 0 saturated carbocycles. The molecule has 0 atom stereocenters. The van der Waals surface area contributed by atoms with Crippen LogP contribution in [0.4, 0.5) is 0 Å². The van der Waals surface area contributed by atoms with Crippen LogP contribution in [0, 0.1) is 6.92 Å². The zero-order valence-corrected chi connectivity index (χ0v) is 8.04. The molecule has 1 aromatic rings. The van der Waals surface area contributed by atoms with E-state index in [0.717, 1.165) is 5.56 Å². The maximum atomic E-state index is 5.56. The smallest absolute Gasteiger partial charge is 0.192 e. The standard InChI is InChI=1S/C11H14O2/c1-9-4-3-5-10(8-9)11(2)12-6-7-13-11/h3-5,8H,6-7H2,1-2H3. The summed E-state index contributed by atoms with van der Waals surface area (Å²) in [7, 11) is 0. The van der Waals surface area contributed by atoms with Crippen molar-refractivity contribution >= 4 is 0 Å². The maximum Gasteiger partial charge on any atom is 0.192 e. The Kier molecular flexibility index (Phi) is 2.10. The fourth-order valence-corrected chi connectivity index (χ4v) is 1.61. The molecule has 1 fully saturated rings. The summed E-state index contributed by atoms with van der Waals surface area (Å²) in [6.45, 7) is 5.41. The molecule has 1 heterocycles. The summed E-state index contributed by atoms with van der Waals surface area (Å²) in [5.41, 5.74) is 2.34. The highest BCUT2D eigenvalue weighted by molar-refractivity contribution is 5.25. The number of aryl methyl sites for hydroxylation is 1. The third kappa shape index (κ3) is 1.60. The molecule has 1 aliphatic rings. The van der Waals surface area contributed by atoms with Crippen molar-refractivity contribution in [2.24, 2.45) is 0 Å². The monoisotopic (exact) mass is 178 g/mol. The normalized spacial score (nSPS) is 20.5. The van der Waals surface area contributed by atoms with Crippen LogP contribution in [0.2, 0.25) is 0 Å². The third-order valence-corrected chi connectivity index (χ3v) is 2.38. The molecular formula is C11H14O2. The third-order valence-electron chi connectivity index (χ3n) is 2.38. The summed E-state index contributed by atoms with van der Waals surface area (Å²) in [5, 5.41) is 0. The minimum absolute atomic E-state index is 0.522. The molecule has 0 aromatic heterocycles. The van der Waals surface area contributed by atoms with Gasteiger partial charge in [0.15, 0.2) is 5.79 Å². The van der Waals surface area contributed by atoms with Crippen molar-refractivity contribution < 1.29 is 9.47 Å². The number of benzene rings is 1. The van der Waals surface area contributed by atoms with Gasteiger partial charge in [-0.05, 0) is 13.8 Å². The quantitative estimate of drug-likeness (QED) is 0.656. The zero-order valence-electron chi connectivity index (χ0n) is 8.04. The Morgan fingerprint density at radius 3 is 2.54 bits per heavy atom. The van der Waals surface area contributed by atoms with Crippen LogP contribution in [-0.4, -0.2) is 13.2 Å². The van der Waals surface area contributed by atoms with Gasteiger partial charge in [0, 0.05) is 5.56 Å². The van der Waals surface area contributed by atoms with Crippen molar-refractivity contribution in [1.29, 1.82) is 0 Å². The Labute approximate surface area is 78.5 Å². The van der Waals surface area contributed by atoms with Gasteiger partial charge in [-0.1, -0.05) is 29.8 Å². The highest BCUT2D eigenvalue weighted by Crippen LogP contribution is 2.30. The van der Waals surface area contributed by atoms with E-state index in [9.17, 15) is 0 Å². The lowest BCUT2D eigenvalue weighted by Gasteiger charge is -2.22. The maximum absolute atomic E-state index is 5.56. The van der Waals surface area contributed by atoms with E-state index in [0.29, 0.717) is 13.2 Å². The lowest BCUT2D eigenvalue weighted by molar-refractivity contribution is -0.149. The topological polar surface area (TPSA) is 18.5 Å². The first-order chi connectivity index (χ1) is 6.21. The number of hydrogen-bond acceptors (Lipinski definition) is 2. The molecule has 2 heteroatoms. The fourth-order valence-electron chi connectivity index (χ4n) is 1.61. The molecule has 1 aliphatic heterocycles. The summed E-state index contributed by atoms with van der Waals surface area (Å²) in [4.78, 5) is 0. The minimum Gasteiger partial charge on any atom is -0.344 e. The van der Waals surface area contributed by atoms with Crippen LogP contribution in [-0.2, 0) is 15.3 Å². The van der Waals surface area contributed by atoms with E-state index in [2.05, 4.69) is 19.1 Å². The summed E-state index contributed by atoms with van der Waals surface area (Å²) < 4.78 is 11.1. The molecule has 0 aliphatic carbocycles. The number of rotatable bonds is 1. The van der Waals surface area contributed by atoms with E-state index in [1.165, 1.54) is 5.56 Å². The molecule has 0 radical (unpaired) electrons. The van der Waals surface area contributed by atoms with Gasteiger partial charge < -0.3 is 9.47 Å². The van der Waals surface area contributed by atoms with Crippen molar-refractivity contribution in [2.75, 3.05) is 13.2 Å². The molecular weight excluding hydrogens is 164 g/mol. The second-order valence-electron chi connectivity index (χ2n) is 3.51. The zero-order chi connectivity index (χ0) is 9.31. The summed E-state index contributed by atoms with van der Waals surface area (Å²) in [5.74, 6) is -0.522. The van der Waals surface area contributed by atoms with Gasteiger partial charge >= 0.3 is 0 Å². The summed E-state index contributed by atoms with van der Waals surface area (Å²) in [6, 6.07) is 8.24. The Balaban J connectivity index is 2.33. The van der Waals surface area contributed by atoms with Crippen LogP contribution < -0.4 is 0 Å². The number of ether oxygens (including phenoxy) is 2. The first-order valence-electron chi connectivity index (χ1n) is 4.56. The molecule has 0 spiro atoms. The van der Waals surface area contributed by atoms with E-state index in [1.807, 2.05) is 19.1 Å². The largest absolute Gasteiger partial charge is 0.344 e. The Hall–Kier alpha value is -0.860. The highest BCUT2D eigenvalue weighted by Gasteiger charge is 2.32. The van der Waals surface area contributed by atoms with Gasteiger partial charge in [-0.3, -0.25) is 0 Å². The first kappa shape index (κ1) is 8.73. The van der Waals surface area contributed by atoms with Gasteiger partial charge in [0.05, 0.1) is 13.2 Å². The van der Waals surface area contributed by atoms with Crippen molar-refractivity contribution in [1.82, 2.24) is 0 Å². The molecule has 2 rings (SSSR count). The van der Waals surface area contributed by atoms with Crippen LogP contribution in [0.3, 0.4) is 0 Å². The van der Waals surface area contributed by atoms with Gasteiger partial charge in [-0.15, -0.1) is 0 Å². The van der Waals surface area contributed by atoms with E-state index in [-0.39, 0.29) is 0 Å². The van der Waals surface area contributed by atoms with E-state index >= 15 is 0 Å². The summed E-state index contributed by atoms with van der Waals surface area (Å²) in [6.07, 6.45) is 0. The second-order valence-corrected chi connectivity index (χ2v) is 3.51. The molecule has 0 bridgehead atoms. The second kappa shape index (κ2) is 3.13. The van der Waals surface area contributed by atoms with E-state index < -0.39 is 5.79 Å². The molecule has 2 nitrogen and oxygen atoms in total. The Morgan fingerprint density at radius 2 is 1.92 bits per heavy atom. The molecule has 0 N–H and O–H groups in total. The van der Waals surface area contributed by atoms with Crippen molar-refractivity contribution in [3.8, 4) is 0 Å². The van der Waals surface area contributed by atoms with E-state index in [1.54, 1.807) is 0 Å². The van der Waals surface area contributed by atoms with Crippen LogP contribution in [0.1, 0.15) is 18.1 Å². The van der Waals surface area contributed by atoms with Gasteiger partial charge in [0.1, 0.15) is 0 Å². The van der Waals surface area contributed by atoms with Crippen LogP contribution in [0.15, 0.2) is 24.3 Å². The molecule has 0 unspecified atom stereocenters. The van der Waals surface area contributed by atoms with Gasteiger partial charge in [0.25, 0.3) is 0 Å². The van der Waals surface area contributed by atoms with Gasteiger partial charge in [0.2, 0.25) is 0 Å². The SMILES string of the molecule is Cc1cccc(C2(C)OCCO2)c1. The summed E-state index contributed by atoms with van der Waals surface area (Å²) >= 11 is 0. The fraction of sp³-hybridized carbons (Fsp3) is 0.455. The molecule has 1 aromatic carbocycles. The van der Waals surface area contributed by atoms with Crippen LogP contribution in [0.25, 0.3) is 0 Å². The average molecular weight is 178 g/mol. The lowest BCUT2D eigenvalue weighted by Crippen LogP contribution is -2.22. The number of hydrogen-bond donors (Lipinski definition) is 0. The van der Waals surface area contributed by atoms with Crippen LogP contribution in [0.5, 0.6) is 0 Å². The minimum atomic E-state index is -0.522. The van der Waals surface area contributed by atoms with Crippen molar-refractivity contribution in [3.05, 3.63) is 35.4 Å². The Bertz CT molecular complexity index is 301. The average Bonchev–Trinajstić information content (AvgIpc) is 2.54. The van der Waals surface area contributed by atoms with E-state index in [4.69, 9.17) is 9.47 Å². The molecule has 13 heavy (non-hydrogen) atoms. The molecule has 70 valence electrons.